The maximum Gasteiger partial charge on any atom is 0.281 e. The van der Waals surface area contributed by atoms with Crippen LogP contribution in [0.1, 0.15) is 40.5 Å². The number of aromatic nitrogens is 5. The van der Waals surface area contributed by atoms with E-state index >= 15 is 0 Å². The predicted molar refractivity (Wildman–Crippen MR) is 127 cm³/mol. The molecule has 174 valence electrons. The molecule has 9 nitrogen and oxygen atoms in total. The quantitative estimate of drug-likeness (QED) is 0.472. The summed E-state index contributed by atoms with van der Waals surface area (Å²) in [5, 5.41) is 8.61. The Bertz CT molecular complexity index is 1420. The lowest BCUT2D eigenvalue weighted by Gasteiger charge is -2.32. The van der Waals surface area contributed by atoms with Gasteiger partial charge in [0.1, 0.15) is 11.6 Å². The van der Waals surface area contributed by atoms with E-state index in [0.717, 1.165) is 24.2 Å². The number of methoxy groups -OCH3 is 1. The van der Waals surface area contributed by atoms with Gasteiger partial charge in [-0.25, -0.2) is 9.67 Å². The molecule has 2 aromatic carbocycles. The summed E-state index contributed by atoms with van der Waals surface area (Å²) in [5.41, 5.74) is 1.68. The van der Waals surface area contributed by atoms with Crippen molar-refractivity contribution in [1.82, 2.24) is 29.9 Å². The van der Waals surface area contributed by atoms with E-state index in [1.165, 1.54) is 0 Å². The van der Waals surface area contributed by atoms with Gasteiger partial charge in [-0.05, 0) is 42.7 Å². The van der Waals surface area contributed by atoms with Gasteiger partial charge in [0.25, 0.3) is 11.5 Å². The highest BCUT2D eigenvalue weighted by Gasteiger charge is 2.28. The maximum absolute atomic E-state index is 13.1. The molecular weight excluding hydrogens is 456 g/mol. The minimum atomic E-state index is -0.341. The van der Waals surface area contributed by atoms with E-state index in [9.17, 15) is 9.59 Å². The topological polar surface area (TPSA) is 106 Å². The molecule has 10 heteroatoms. The molecule has 5 rings (SSSR count). The zero-order valence-corrected chi connectivity index (χ0v) is 19.3. The molecule has 4 aromatic rings. The predicted octanol–water partition coefficient (Wildman–Crippen LogP) is 3.24. The van der Waals surface area contributed by atoms with Crippen LogP contribution < -0.4 is 10.3 Å². The average molecular weight is 479 g/mol. The van der Waals surface area contributed by atoms with E-state index in [0.29, 0.717) is 41.7 Å². The highest BCUT2D eigenvalue weighted by Crippen LogP contribution is 2.27. The summed E-state index contributed by atoms with van der Waals surface area (Å²) in [5.74, 6) is 1.03. The highest BCUT2D eigenvalue weighted by atomic mass is 35.5. The molecule has 2 aromatic heterocycles. The van der Waals surface area contributed by atoms with Crippen LogP contribution in [0.4, 0.5) is 0 Å². The fraction of sp³-hybridized carbons (Fsp3) is 0.292. The van der Waals surface area contributed by atoms with Gasteiger partial charge in [-0.3, -0.25) is 9.59 Å². The molecule has 0 bridgehead atoms. The summed E-state index contributed by atoms with van der Waals surface area (Å²) in [6, 6.07) is 14.6. The Morgan fingerprint density at radius 3 is 2.91 bits per heavy atom. The standard InChI is InChI=1S/C24H23ClN6O3/c1-34-17-8-4-6-15(12-17)13-31-22-20(28-29-31)23(32)27-21(26-22)16-7-5-11-30(14-16)24(33)18-9-2-3-10-19(18)25/h2-4,6,8-10,12,16H,5,7,11,13-14H2,1H3,(H,26,27,32)/t16-/m0/s1. The smallest absolute Gasteiger partial charge is 0.281 e. The summed E-state index contributed by atoms with van der Waals surface area (Å²) in [7, 11) is 1.61. The minimum absolute atomic E-state index is 0.113. The number of amides is 1. The van der Waals surface area contributed by atoms with Crippen LogP contribution in [-0.2, 0) is 6.54 Å². The first-order chi connectivity index (χ1) is 16.5. The zero-order valence-electron chi connectivity index (χ0n) is 18.6. The number of likely N-dealkylation sites (tertiary alicyclic amines) is 1. The van der Waals surface area contributed by atoms with Gasteiger partial charge in [0.15, 0.2) is 11.2 Å². The first kappa shape index (κ1) is 22.1. The van der Waals surface area contributed by atoms with Gasteiger partial charge < -0.3 is 14.6 Å². The van der Waals surface area contributed by atoms with E-state index in [-0.39, 0.29) is 22.9 Å². The number of benzene rings is 2. The fourth-order valence-electron chi connectivity index (χ4n) is 4.32. The van der Waals surface area contributed by atoms with Crippen LogP contribution in [0, 0.1) is 0 Å². The Balaban J connectivity index is 1.43. The van der Waals surface area contributed by atoms with Crippen molar-refractivity contribution in [2.75, 3.05) is 20.2 Å². The van der Waals surface area contributed by atoms with Crippen molar-refractivity contribution in [2.24, 2.45) is 0 Å². The Labute approximate surface area is 200 Å². The number of carbonyl (C=O) groups excluding carboxylic acids is 1. The molecule has 1 N–H and O–H groups in total. The van der Waals surface area contributed by atoms with Crippen LogP contribution >= 0.6 is 11.6 Å². The maximum atomic E-state index is 13.1. The monoisotopic (exact) mass is 478 g/mol. The molecular formula is C24H23ClN6O3. The second-order valence-corrected chi connectivity index (χ2v) is 8.70. The molecule has 0 radical (unpaired) electrons. The number of fused-ring (bicyclic) bond motifs is 1. The van der Waals surface area contributed by atoms with Crippen molar-refractivity contribution in [2.45, 2.75) is 25.3 Å². The lowest BCUT2D eigenvalue weighted by molar-refractivity contribution is 0.0704. The van der Waals surface area contributed by atoms with E-state index in [2.05, 4.69) is 15.3 Å². The number of nitrogens with one attached hydrogen (secondary N) is 1. The number of aromatic amines is 1. The van der Waals surface area contributed by atoms with Crippen LogP contribution in [0.2, 0.25) is 5.02 Å². The third kappa shape index (κ3) is 4.26. The number of rotatable bonds is 5. The largest absolute Gasteiger partial charge is 0.497 e. The molecule has 1 aliphatic rings. The lowest BCUT2D eigenvalue weighted by atomic mass is 9.96. The van der Waals surface area contributed by atoms with Gasteiger partial charge in [-0.1, -0.05) is 41.1 Å². The van der Waals surface area contributed by atoms with E-state index in [4.69, 9.17) is 21.3 Å². The van der Waals surface area contributed by atoms with Crippen LogP contribution in [0.3, 0.4) is 0 Å². The molecule has 1 atom stereocenters. The highest BCUT2D eigenvalue weighted by molar-refractivity contribution is 6.33. The number of H-pyrrole nitrogens is 1. The normalized spacial score (nSPS) is 16.1. The van der Waals surface area contributed by atoms with Crippen molar-refractivity contribution in [3.8, 4) is 5.75 Å². The molecule has 34 heavy (non-hydrogen) atoms. The second kappa shape index (κ2) is 9.26. The third-order valence-corrected chi connectivity index (χ3v) is 6.39. The lowest BCUT2D eigenvalue weighted by Crippen LogP contribution is -2.40. The van der Waals surface area contributed by atoms with Gasteiger partial charge in [0, 0.05) is 19.0 Å². The molecule has 1 amide bonds. The number of piperidine rings is 1. The van der Waals surface area contributed by atoms with E-state index < -0.39 is 0 Å². The van der Waals surface area contributed by atoms with E-state index in [1.54, 1.807) is 41.0 Å². The molecule has 3 heterocycles. The van der Waals surface area contributed by atoms with Gasteiger partial charge >= 0.3 is 0 Å². The van der Waals surface area contributed by atoms with Crippen molar-refractivity contribution in [1.29, 1.82) is 0 Å². The number of halogens is 1. The molecule has 0 unspecified atom stereocenters. The van der Waals surface area contributed by atoms with Crippen molar-refractivity contribution < 1.29 is 9.53 Å². The summed E-state index contributed by atoms with van der Waals surface area (Å²) >= 11 is 6.24. The third-order valence-electron chi connectivity index (χ3n) is 6.06. The first-order valence-corrected chi connectivity index (χ1v) is 11.4. The molecule has 0 aliphatic carbocycles. The van der Waals surface area contributed by atoms with Gasteiger partial charge in [-0.2, -0.15) is 0 Å². The Morgan fingerprint density at radius 2 is 2.09 bits per heavy atom. The first-order valence-electron chi connectivity index (χ1n) is 11.0. The zero-order chi connectivity index (χ0) is 23.7. The number of hydrogen-bond donors (Lipinski definition) is 1. The average Bonchev–Trinajstić information content (AvgIpc) is 3.27. The van der Waals surface area contributed by atoms with Crippen molar-refractivity contribution >= 4 is 28.7 Å². The molecule has 1 fully saturated rings. The van der Waals surface area contributed by atoms with Crippen LogP contribution in [0.5, 0.6) is 5.75 Å². The van der Waals surface area contributed by atoms with Gasteiger partial charge in [-0.15, -0.1) is 5.10 Å². The number of carbonyl (C=O) groups is 1. The number of nitrogens with zero attached hydrogens (tertiary/aromatic N) is 5. The van der Waals surface area contributed by atoms with Crippen molar-refractivity contribution in [3.63, 3.8) is 0 Å². The van der Waals surface area contributed by atoms with Crippen LogP contribution in [0.25, 0.3) is 11.2 Å². The summed E-state index contributed by atoms with van der Waals surface area (Å²) in [6.07, 6.45) is 1.60. The number of ether oxygens (including phenoxy) is 1. The van der Waals surface area contributed by atoms with Gasteiger partial charge in [0.05, 0.1) is 24.2 Å². The summed E-state index contributed by atoms with van der Waals surface area (Å²) in [6.45, 7) is 1.46. The molecule has 0 saturated carbocycles. The second-order valence-electron chi connectivity index (χ2n) is 8.29. The summed E-state index contributed by atoms with van der Waals surface area (Å²) < 4.78 is 6.90. The Hall–Kier alpha value is -3.72. The molecule has 1 saturated heterocycles. The van der Waals surface area contributed by atoms with Crippen molar-refractivity contribution in [3.05, 3.63) is 80.9 Å². The molecule has 1 aliphatic heterocycles. The van der Waals surface area contributed by atoms with Gasteiger partial charge in [0.2, 0.25) is 0 Å². The van der Waals surface area contributed by atoms with Crippen LogP contribution in [0.15, 0.2) is 53.3 Å². The Kier molecular flexibility index (Phi) is 6.02. The fourth-order valence-corrected chi connectivity index (χ4v) is 4.53. The Morgan fingerprint density at radius 1 is 1.24 bits per heavy atom. The van der Waals surface area contributed by atoms with E-state index in [1.807, 2.05) is 24.3 Å². The molecule has 0 spiro atoms. The number of hydrogen-bond acceptors (Lipinski definition) is 6. The SMILES string of the molecule is COc1cccc(Cn2nnc3c(=O)[nH]c([C@H]4CCCN(C(=O)c5ccccc5Cl)C4)nc32)c1. The minimum Gasteiger partial charge on any atom is -0.497 e. The summed E-state index contributed by atoms with van der Waals surface area (Å²) in [4.78, 5) is 35.2. The van der Waals surface area contributed by atoms with Crippen LogP contribution in [-0.4, -0.2) is 56.0 Å².